The Bertz CT molecular complexity index is 842. The molecule has 2 bridgehead atoms. The Labute approximate surface area is 159 Å². The predicted octanol–water partition coefficient (Wildman–Crippen LogP) is 4.09. The average molecular weight is 365 g/mol. The van der Waals surface area contributed by atoms with Gasteiger partial charge >= 0.3 is 0 Å². The highest BCUT2D eigenvalue weighted by molar-refractivity contribution is 5.80. The van der Waals surface area contributed by atoms with Crippen molar-refractivity contribution >= 4 is 5.91 Å². The van der Waals surface area contributed by atoms with E-state index in [2.05, 4.69) is 29.5 Å². The van der Waals surface area contributed by atoms with E-state index in [9.17, 15) is 4.79 Å². The smallest absolute Gasteiger partial charge is 0.231 e. The third-order valence-corrected chi connectivity index (χ3v) is 7.01. The summed E-state index contributed by atoms with van der Waals surface area (Å²) < 4.78 is 5.69. The maximum absolute atomic E-state index is 13.0. The third-order valence-electron chi connectivity index (χ3n) is 7.01. The molecule has 0 aliphatic heterocycles. The summed E-state index contributed by atoms with van der Waals surface area (Å²) in [7, 11) is 0. The van der Waals surface area contributed by atoms with Gasteiger partial charge in [-0.15, -0.1) is 0 Å². The van der Waals surface area contributed by atoms with E-state index in [4.69, 9.17) is 9.51 Å². The molecule has 0 saturated heterocycles. The van der Waals surface area contributed by atoms with Crippen LogP contribution in [0.4, 0.5) is 0 Å². The second-order valence-electron chi connectivity index (χ2n) is 8.75. The molecular formula is C22H27N3O2. The van der Waals surface area contributed by atoms with Crippen LogP contribution in [0.15, 0.2) is 28.8 Å². The fourth-order valence-corrected chi connectivity index (χ4v) is 5.36. The van der Waals surface area contributed by atoms with E-state index in [0.29, 0.717) is 29.5 Å². The van der Waals surface area contributed by atoms with Crippen LogP contribution in [0.1, 0.15) is 55.9 Å². The molecule has 5 rings (SSSR count). The summed E-state index contributed by atoms with van der Waals surface area (Å²) in [6.07, 6.45) is 7.26. The van der Waals surface area contributed by atoms with Crippen LogP contribution in [0.25, 0.3) is 11.4 Å². The maximum Gasteiger partial charge on any atom is 0.231 e. The minimum atomic E-state index is -0.00497. The van der Waals surface area contributed by atoms with Crippen LogP contribution in [0.5, 0.6) is 0 Å². The fraction of sp³-hybridized carbons (Fsp3) is 0.591. The number of hydrogen-bond donors (Lipinski definition) is 1. The number of nitrogens with one attached hydrogen (secondary N) is 1. The first kappa shape index (κ1) is 17.0. The van der Waals surface area contributed by atoms with E-state index in [1.165, 1.54) is 31.2 Å². The van der Waals surface area contributed by atoms with Crippen LogP contribution in [0, 0.1) is 30.6 Å². The Kier molecular flexibility index (Phi) is 4.25. The first-order chi connectivity index (χ1) is 13.2. The van der Waals surface area contributed by atoms with Gasteiger partial charge in [-0.1, -0.05) is 35.3 Å². The summed E-state index contributed by atoms with van der Waals surface area (Å²) in [6, 6.07) is 8.14. The molecule has 142 valence electrons. The van der Waals surface area contributed by atoms with E-state index in [-0.39, 0.29) is 17.7 Å². The van der Waals surface area contributed by atoms with Crippen molar-refractivity contribution in [3.8, 4) is 11.4 Å². The summed E-state index contributed by atoms with van der Waals surface area (Å²) >= 11 is 0. The molecule has 1 heterocycles. The van der Waals surface area contributed by atoms with E-state index in [1.54, 1.807) is 0 Å². The minimum Gasteiger partial charge on any atom is -0.356 e. The SMILES string of the molecule is Cc1cccc(-c2noc([C@H]3[C@@H]4CC[C@@H](C4)[C@@H]3C(=O)NCC3CCC3)n2)c1. The molecule has 5 nitrogen and oxygen atoms in total. The number of benzene rings is 1. The molecule has 3 fully saturated rings. The van der Waals surface area contributed by atoms with Crippen molar-refractivity contribution in [3.63, 3.8) is 0 Å². The number of aryl methyl sites for hydroxylation is 1. The van der Waals surface area contributed by atoms with E-state index < -0.39 is 0 Å². The number of carbonyl (C=O) groups excluding carboxylic acids is 1. The number of aromatic nitrogens is 2. The summed E-state index contributed by atoms with van der Waals surface area (Å²) in [6.45, 7) is 2.89. The van der Waals surface area contributed by atoms with Gasteiger partial charge < -0.3 is 9.84 Å². The minimum absolute atomic E-state index is 0.00497. The van der Waals surface area contributed by atoms with Crippen molar-refractivity contribution in [1.82, 2.24) is 15.5 Å². The standard InChI is InChI=1S/C22H27N3O2/c1-13-4-2-7-17(10-13)20-24-22(27-25-20)19-16-9-8-15(11-16)18(19)21(26)23-12-14-5-3-6-14/h2,4,7,10,14-16,18-19H,3,5-6,8-9,11-12H2,1H3,(H,23,26)/t15-,16+,18-,19-/m0/s1. The quantitative estimate of drug-likeness (QED) is 0.866. The molecule has 0 spiro atoms. The summed E-state index contributed by atoms with van der Waals surface area (Å²) in [4.78, 5) is 17.7. The normalized spacial score (nSPS) is 29.7. The van der Waals surface area contributed by atoms with Gasteiger partial charge in [-0.25, -0.2) is 0 Å². The Morgan fingerprint density at radius 3 is 2.85 bits per heavy atom. The zero-order valence-corrected chi connectivity index (χ0v) is 15.9. The van der Waals surface area contributed by atoms with Crippen LogP contribution in [-0.2, 0) is 4.79 Å². The average Bonchev–Trinajstić information content (AvgIpc) is 3.35. The highest BCUT2D eigenvalue weighted by Crippen LogP contribution is 2.56. The van der Waals surface area contributed by atoms with Crippen molar-refractivity contribution in [2.45, 2.75) is 51.4 Å². The van der Waals surface area contributed by atoms with E-state index >= 15 is 0 Å². The molecular weight excluding hydrogens is 338 g/mol. The van der Waals surface area contributed by atoms with Gasteiger partial charge in [0.15, 0.2) is 0 Å². The van der Waals surface area contributed by atoms with Gasteiger partial charge in [0.2, 0.25) is 17.6 Å². The van der Waals surface area contributed by atoms with Gasteiger partial charge in [-0.3, -0.25) is 4.79 Å². The highest BCUT2D eigenvalue weighted by Gasteiger charge is 2.53. The lowest BCUT2D eigenvalue weighted by atomic mass is 9.78. The number of nitrogens with zero attached hydrogens (tertiary/aromatic N) is 2. The topological polar surface area (TPSA) is 68.0 Å². The van der Waals surface area contributed by atoms with Gasteiger partial charge in [0.05, 0.1) is 11.8 Å². The van der Waals surface area contributed by atoms with Gasteiger partial charge in [0, 0.05) is 12.1 Å². The van der Waals surface area contributed by atoms with E-state index in [0.717, 1.165) is 24.9 Å². The predicted molar refractivity (Wildman–Crippen MR) is 102 cm³/mol. The summed E-state index contributed by atoms with van der Waals surface area (Å²) in [5, 5.41) is 7.46. The zero-order chi connectivity index (χ0) is 18.4. The fourth-order valence-electron chi connectivity index (χ4n) is 5.36. The molecule has 4 atom stereocenters. The number of rotatable bonds is 5. The zero-order valence-electron chi connectivity index (χ0n) is 15.9. The van der Waals surface area contributed by atoms with Crippen LogP contribution in [0.3, 0.4) is 0 Å². The van der Waals surface area contributed by atoms with Crippen LogP contribution in [0.2, 0.25) is 0 Å². The van der Waals surface area contributed by atoms with Crippen molar-refractivity contribution in [2.75, 3.05) is 6.54 Å². The molecule has 0 radical (unpaired) electrons. The maximum atomic E-state index is 13.0. The monoisotopic (exact) mass is 365 g/mol. The van der Waals surface area contributed by atoms with E-state index in [1.807, 2.05) is 12.1 Å². The first-order valence-electron chi connectivity index (χ1n) is 10.4. The number of hydrogen-bond acceptors (Lipinski definition) is 4. The molecule has 3 aliphatic rings. The molecule has 3 saturated carbocycles. The Morgan fingerprint density at radius 2 is 2.07 bits per heavy atom. The molecule has 1 aromatic carbocycles. The lowest BCUT2D eigenvalue weighted by Crippen LogP contribution is -2.40. The lowest BCUT2D eigenvalue weighted by molar-refractivity contribution is -0.127. The van der Waals surface area contributed by atoms with Crippen LogP contribution < -0.4 is 5.32 Å². The van der Waals surface area contributed by atoms with Crippen LogP contribution in [-0.4, -0.2) is 22.6 Å². The Balaban J connectivity index is 1.36. The second-order valence-corrected chi connectivity index (χ2v) is 8.75. The number of amides is 1. The summed E-state index contributed by atoms with van der Waals surface area (Å²) in [5.41, 5.74) is 2.14. The van der Waals surface area contributed by atoms with Crippen molar-refractivity contribution in [1.29, 1.82) is 0 Å². The highest BCUT2D eigenvalue weighted by atomic mass is 16.5. The lowest BCUT2D eigenvalue weighted by Gasteiger charge is -2.30. The summed E-state index contributed by atoms with van der Waals surface area (Å²) in [5.74, 6) is 3.21. The number of carbonyl (C=O) groups is 1. The van der Waals surface area contributed by atoms with Gasteiger partial charge in [-0.2, -0.15) is 4.98 Å². The largest absolute Gasteiger partial charge is 0.356 e. The van der Waals surface area contributed by atoms with Gasteiger partial charge in [-0.05, 0) is 62.8 Å². The molecule has 1 aromatic heterocycles. The molecule has 1 amide bonds. The van der Waals surface area contributed by atoms with Gasteiger partial charge in [0.25, 0.3) is 0 Å². The first-order valence-corrected chi connectivity index (χ1v) is 10.4. The molecule has 5 heteroatoms. The molecule has 3 aliphatic carbocycles. The molecule has 2 aromatic rings. The number of fused-ring (bicyclic) bond motifs is 2. The Hall–Kier alpha value is -2.17. The molecule has 27 heavy (non-hydrogen) atoms. The van der Waals surface area contributed by atoms with Crippen molar-refractivity contribution < 1.29 is 9.32 Å². The van der Waals surface area contributed by atoms with Gasteiger partial charge in [0.1, 0.15) is 0 Å². The molecule has 1 N–H and O–H groups in total. The second kappa shape index (κ2) is 6.77. The Morgan fingerprint density at radius 1 is 1.22 bits per heavy atom. The molecule has 0 unspecified atom stereocenters. The van der Waals surface area contributed by atoms with Crippen LogP contribution >= 0.6 is 0 Å². The third kappa shape index (κ3) is 3.07. The van der Waals surface area contributed by atoms with Crippen molar-refractivity contribution in [3.05, 3.63) is 35.7 Å². The van der Waals surface area contributed by atoms with Crippen molar-refractivity contribution in [2.24, 2.45) is 23.7 Å².